The molecule has 0 atom stereocenters. The van der Waals surface area contributed by atoms with Crippen LogP contribution in [0.4, 0.5) is 5.69 Å². The van der Waals surface area contributed by atoms with Gasteiger partial charge in [-0.05, 0) is 18.2 Å². The molecule has 0 radical (unpaired) electrons. The van der Waals surface area contributed by atoms with Crippen LogP contribution in [-0.4, -0.2) is 12.9 Å². The quantitative estimate of drug-likeness (QED) is 0.283. The number of aliphatic imine (C=N–C) groups is 1. The van der Waals surface area contributed by atoms with Crippen LogP contribution in [0, 0.1) is 0 Å². The summed E-state index contributed by atoms with van der Waals surface area (Å²) >= 11 is 11.6. The average Bonchev–Trinajstić information content (AvgIpc) is 2.16. The van der Waals surface area contributed by atoms with Crippen molar-refractivity contribution in [3.8, 4) is 0 Å². The van der Waals surface area contributed by atoms with Gasteiger partial charge < -0.3 is 0 Å². The van der Waals surface area contributed by atoms with E-state index in [2.05, 4.69) is 17.1 Å². The number of nitrogens with one attached hydrogen (secondary N) is 1. The van der Waals surface area contributed by atoms with E-state index in [-0.39, 0.29) is 0 Å². The molecule has 80 valence electrons. The van der Waals surface area contributed by atoms with Crippen LogP contribution in [0.3, 0.4) is 0 Å². The molecule has 0 aliphatic rings. The Balaban J connectivity index is 2.52. The Morgan fingerprint density at radius 1 is 1.33 bits per heavy atom. The summed E-state index contributed by atoms with van der Waals surface area (Å²) in [6.07, 6.45) is 3.03. The first-order chi connectivity index (χ1) is 7.22. The molecule has 0 aromatic heterocycles. The van der Waals surface area contributed by atoms with E-state index in [0.717, 1.165) is 0 Å². The highest BCUT2D eigenvalue weighted by Crippen LogP contribution is 2.23. The number of benzene rings is 1. The minimum absolute atomic E-state index is 0.405. The van der Waals surface area contributed by atoms with E-state index in [0.29, 0.717) is 22.3 Å². The van der Waals surface area contributed by atoms with Crippen molar-refractivity contribution in [2.24, 2.45) is 4.99 Å². The molecular weight excluding hydrogens is 235 g/mol. The topological polar surface area (TPSA) is 33.6 Å². The Kier molecular flexibility index (Phi) is 5.18. The van der Waals surface area contributed by atoms with E-state index < -0.39 is 0 Å². The molecule has 0 aliphatic heterocycles. The molecule has 0 fully saturated rings. The van der Waals surface area contributed by atoms with Crippen LogP contribution in [0.1, 0.15) is 0 Å². The fourth-order valence-electron chi connectivity index (χ4n) is 0.859. The highest BCUT2D eigenvalue weighted by Gasteiger charge is 1.95. The van der Waals surface area contributed by atoms with Crippen molar-refractivity contribution < 1.29 is 4.84 Å². The molecule has 0 saturated heterocycles. The minimum Gasteiger partial charge on any atom is -0.271 e. The zero-order valence-corrected chi connectivity index (χ0v) is 9.42. The van der Waals surface area contributed by atoms with Crippen LogP contribution < -0.4 is 5.48 Å². The maximum absolute atomic E-state index is 5.79. The third-order valence-corrected chi connectivity index (χ3v) is 1.83. The molecule has 0 bridgehead atoms. The average molecular weight is 245 g/mol. The lowest BCUT2D eigenvalue weighted by molar-refractivity contribution is 0.114. The summed E-state index contributed by atoms with van der Waals surface area (Å²) in [5.74, 6) is 0. The molecule has 0 spiro atoms. The van der Waals surface area contributed by atoms with Crippen molar-refractivity contribution in [1.82, 2.24) is 5.48 Å². The summed E-state index contributed by atoms with van der Waals surface area (Å²) in [6, 6.07) is 5.03. The van der Waals surface area contributed by atoms with Crippen molar-refractivity contribution in [1.29, 1.82) is 0 Å². The lowest BCUT2D eigenvalue weighted by Gasteiger charge is -1.98. The molecule has 5 heteroatoms. The zero-order valence-electron chi connectivity index (χ0n) is 7.91. The second-order valence-corrected chi connectivity index (χ2v) is 3.48. The molecule has 15 heavy (non-hydrogen) atoms. The van der Waals surface area contributed by atoms with Crippen LogP contribution in [-0.2, 0) is 4.84 Å². The van der Waals surface area contributed by atoms with Gasteiger partial charge in [-0.15, -0.1) is 6.58 Å². The van der Waals surface area contributed by atoms with E-state index in [4.69, 9.17) is 28.0 Å². The first-order valence-electron chi connectivity index (χ1n) is 4.19. The van der Waals surface area contributed by atoms with Crippen molar-refractivity contribution in [3.05, 3.63) is 40.9 Å². The Morgan fingerprint density at radius 2 is 2.00 bits per heavy atom. The maximum atomic E-state index is 5.79. The van der Waals surface area contributed by atoms with E-state index in [1.165, 1.54) is 6.34 Å². The molecule has 0 heterocycles. The van der Waals surface area contributed by atoms with Crippen molar-refractivity contribution >= 4 is 35.2 Å². The van der Waals surface area contributed by atoms with Gasteiger partial charge in [0, 0.05) is 10.0 Å². The van der Waals surface area contributed by atoms with Gasteiger partial charge in [-0.1, -0.05) is 29.3 Å². The van der Waals surface area contributed by atoms with Gasteiger partial charge in [0.1, 0.15) is 6.34 Å². The molecule has 0 unspecified atom stereocenters. The normalized spacial score (nSPS) is 10.5. The second kappa shape index (κ2) is 6.45. The van der Waals surface area contributed by atoms with Gasteiger partial charge in [0.05, 0.1) is 12.3 Å². The third kappa shape index (κ3) is 4.83. The van der Waals surface area contributed by atoms with Crippen molar-refractivity contribution in [2.75, 3.05) is 6.61 Å². The fourth-order valence-corrected chi connectivity index (χ4v) is 1.37. The largest absolute Gasteiger partial charge is 0.271 e. The number of nitrogens with zero attached hydrogens (tertiary/aromatic N) is 1. The lowest BCUT2D eigenvalue weighted by Crippen LogP contribution is -2.11. The Labute approximate surface area is 98.3 Å². The van der Waals surface area contributed by atoms with E-state index in [9.17, 15) is 0 Å². The number of rotatable bonds is 5. The summed E-state index contributed by atoms with van der Waals surface area (Å²) in [6.45, 7) is 3.90. The zero-order chi connectivity index (χ0) is 11.1. The molecule has 1 aromatic rings. The van der Waals surface area contributed by atoms with Crippen LogP contribution in [0.25, 0.3) is 0 Å². The van der Waals surface area contributed by atoms with Crippen LogP contribution in [0.2, 0.25) is 10.0 Å². The lowest BCUT2D eigenvalue weighted by atomic mass is 10.3. The fraction of sp³-hybridized carbons (Fsp3) is 0.100. The Bertz CT molecular complexity index is 346. The predicted molar refractivity (Wildman–Crippen MR) is 63.9 cm³/mol. The van der Waals surface area contributed by atoms with Crippen molar-refractivity contribution in [3.63, 3.8) is 0 Å². The third-order valence-electron chi connectivity index (χ3n) is 1.40. The molecule has 0 amide bonds. The summed E-state index contributed by atoms with van der Waals surface area (Å²) in [5.41, 5.74) is 3.18. The second-order valence-electron chi connectivity index (χ2n) is 2.60. The number of halogens is 2. The highest BCUT2D eigenvalue weighted by atomic mass is 35.5. The van der Waals surface area contributed by atoms with Gasteiger partial charge in [-0.2, -0.15) is 0 Å². The summed E-state index contributed by atoms with van der Waals surface area (Å²) in [7, 11) is 0. The Morgan fingerprint density at radius 3 is 2.60 bits per heavy atom. The SMILES string of the molecule is C=CCONC=Nc1cc(Cl)cc(Cl)c1. The first-order valence-corrected chi connectivity index (χ1v) is 4.95. The van der Waals surface area contributed by atoms with Crippen LogP contribution in [0.5, 0.6) is 0 Å². The molecule has 1 aromatic carbocycles. The summed E-state index contributed by atoms with van der Waals surface area (Å²) in [4.78, 5) is 8.92. The van der Waals surface area contributed by atoms with Crippen LogP contribution >= 0.6 is 23.2 Å². The monoisotopic (exact) mass is 244 g/mol. The smallest absolute Gasteiger partial charge is 0.113 e. The van der Waals surface area contributed by atoms with Crippen LogP contribution in [0.15, 0.2) is 35.8 Å². The summed E-state index contributed by atoms with van der Waals surface area (Å²) in [5, 5.41) is 1.09. The molecule has 0 saturated carbocycles. The Hall–Kier alpha value is -1.03. The number of hydrogen-bond donors (Lipinski definition) is 1. The minimum atomic E-state index is 0.405. The van der Waals surface area contributed by atoms with E-state index >= 15 is 0 Å². The number of hydroxylamine groups is 1. The molecule has 1 rings (SSSR count). The maximum Gasteiger partial charge on any atom is 0.113 e. The van der Waals surface area contributed by atoms with Gasteiger partial charge in [-0.25, -0.2) is 4.99 Å². The van der Waals surface area contributed by atoms with Gasteiger partial charge in [0.15, 0.2) is 0 Å². The first kappa shape index (κ1) is 12.0. The number of hydrogen-bond acceptors (Lipinski definition) is 2. The highest BCUT2D eigenvalue weighted by molar-refractivity contribution is 6.35. The summed E-state index contributed by atoms with van der Waals surface area (Å²) < 4.78 is 0. The molecular formula is C10H10Cl2N2O. The van der Waals surface area contributed by atoms with Gasteiger partial charge in [0.2, 0.25) is 0 Å². The van der Waals surface area contributed by atoms with E-state index in [1.807, 2.05) is 0 Å². The van der Waals surface area contributed by atoms with E-state index in [1.54, 1.807) is 24.3 Å². The van der Waals surface area contributed by atoms with Gasteiger partial charge in [0.25, 0.3) is 0 Å². The molecule has 0 aliphatic carbocycles. The van der Waals surface area contributed by atoms with Crippen molar-refractivity contribution in [2.45, 2.75) is 0 Å². The predicted octanol–water partition coefficient (Wildman–Crippen LogP) is 3.36. The standard InChI is InChI=1S/C10H10Cl2N2O/c1-2-3-15-14-7-13-10-5-8(11)4-9(12)6-10/h2,4-7H,1,3H2,(H,13,14). The molecule has 1 N–H and O–H groups in total. The van der Waals surface area contributed by atoms with Gasteiger partial charge in [-0.3, -0.25) is 10.3 Å². The van der Waals surface area contributed by atoms with Gasteiger partial charge >= 0.3 is 0 Å². The molecule has 3 nitrogen and oxygen atoms in total.